The highest BCUT2D eigenvalue weighted by Crippen LogP contribution is 2.14. The van der Waals surface area contributed by atoms with E-state index in [2.05, 4.69) is 22.4 Å². The Bertz CT molecular complexity index is 1120. The average molecular weight is 489 g/mol. The summed E-state index contributed by atoms with van der Waals surface area (Å²) < 4.78 is 2.03. The average Bonchev–Trinajstić information content (AvgIpc) is 3.36. The van der Waals surface area contributed by atoms with Crippen LogP contribution in [-0.2, 0) is 35.5 Å². The van der Waals surface area contributed by atoms with Crippen molar-refractivity contribution in [3.05, 3.63) is 90.0 Å². The Balaban J connectivity index is 1.31. The number of carbonyl (C=O) groups is 2. The molecule has 0 saturated carbocycles. The lowest BCUT2D eigenvalue weighted by atomic mass is 9.96. The summed E-state index contributed by atoms with van der Waals surface area (Å²) in [6.07, 6.45) is 6.48. The van der Waals surface area contributed by atoms with E-state index in [1.165, 1.54) is 5.56 Å². The maximum Gasteiger partial charge on any atom is 0.237 e. The van der Waals surface area contributed by atoms with E-state index in [-0.39, 0.29) is 30.3 Å². The molecule has 2 heterocycles. The molecule has 2 aromatic carbocycles. The molecule has 36 heavy (non-hydrogen) atoms. The van der Waals surface area contributed by atoms with Crippen LogP contribution in [0.15, 0.2) is 73.2 Å². The summed E-state index contributed by atoms with van der Waals surface area (Å²) in [5.74, 6) is -0.419. The first kappa shape index (κ1) is 25.6. The van der Waals surface area contributed by atoms with Gasteiger partial charge in [0.15, 0.2) is 0 Å². The Morgan fingerprint density at radius 3 is 2.28 bits per heavy atom. The Morgan fingerprint density at radius 2 is 1.58 bits per heavy atom. The second-order valence-corrected chi connectivity index (χ2v) is 9.63. The fourth-order valence-corrected chi connectivity index (χ4v) is 4.67. The van der Waals surface area contributed by atoms with Crippen molar-refractivity contribution in [1.29, 1.82) is 0 Å². The smallest absolute Gasteiger partial charge is 0.237 e. The van der Waals surface area contributed by atoms with Gasteiger partial charge in [-0.15, -0.1) is 0 Å². The summed E-state index contributed by atoms with van der Waals surface area (Å²) in [7, 11) is 0. The van der Waals surface area contributed by atoms with Gasteiger partial charge in [0.2, 0.25) is 11.8 Å². The molecule has 1 aliphatic heterocycles. The van der Waals surface area contributed by atoms with Gasteiger partial charge in [0, 0.05) is 31.4 Å². The van der Waals surface area contributed by atoms with Gasteiger partial charge >= 0.3 is 0 Å². The highest BCUT2D eigenvalue weighted by molar-refractivity contribution is 5.88. The number of hydrogen-bond acceptors (Lipinski definition) is 5. The van der Waals surface area contributed by atoms with Crippen LogP contribution in [0.3, 0.4) is 0 Å². The molecule has 3 aromatic rings. The Hall–Kier alpha value is -3.49. The maximum atomic E-state index is 13.0. The van der Waals surface area contributed by atoms with Gasteiger partial charge in [-0.05, 0) is 36.8 Å². The second kappa shape index (κ2) is 12.5. The first-order valence-corrected chi connectivity index (χ1v) is 12.6. The number of nitrogens with one attached hydrogen (secondary N) is 1. The molecule has 4 rings (SSSR count). The van der Waals surface area contributed by atoms with Crippen LogP contribution in [0.25, 0.3) is 0 Å². The lowest BCUT2D eigenvalue weighted by Gasteiger charge is -2.29. The number of hydrogen-bond donors (Lipinski definition) is 3. The number of fused-ring (bicyclic) bond motifs is 1. The highest BCUT2D eigenvalue weighted by atomic mass is 16.2. The summed E-state index contributed by atoms with van der Waals surface area (Å²) in [6, 6.07) is 19.2. The van der Waals surface area contributed by atoms with Gasteiger partial charge in [-0.3, -0.25) is 9.59 Å². The van der Waals surface area contributed by atoms with E-state index >= 15 is 0 Å². The van der Waals surface area contributed by atoms with E-state index in [0.717, 1.165) is 30.5 Å². The van der Waals surface area contributed by atoms with Gasteiger partial charge in [-0.1, -0.05) is 60.7 Å². The third kappa shape index (κ3) is 7.26. The summed E-state index contributed by atoms with van der Waals surface area (Å²) >= 11 is 0. The predicted molar refractivity (Wildman–Crippen MR) is 140 cm³/mol. The van der Waals surface area contributed by atoms with Crippen molar-refractivity contribution < 1.29 is 9.59 Å². The molecule has 0 fully saturated rings. The largest absolute Gasteiger partial charge is 0.352 e. The zero-order valence-corrected chi connectivity index (χ0v) is 20.6. The molecular formula is C28H36N6O2. The Labute approximate surface area is 212 Å². The van der Waals surface area contributed by atoms with Gasteiger partial charge in [-0.2, -0.15) is 0 Å². The first-order valence-electron chi connectivity index (χ1n) is 12.6. The standard InChI is InChI=1S/C28H36N6O2/c29-23(15-21-7-3-1-4-8-21)11-12-24(16-22-9-5-2-6-10-22)32-28(36)26(30)17-27(35)33-13-14-34-20-31-18-25(34)19-33/h1-10,18,20,23-24,26H,11-17,19,29-30H2,(H,32,36). The quantitative estimate of drug-likeness (QED) is 0.382. The lowest BCUT2D eigenvalue weighted by Crippen LogP contribution is -2.49. The van der Waals surface area contributed by atoms with Gasteiger partial charge in [0.25, 0.3) is 0 Å². The van der Waals surface area contributed by atoms with E-state index in [1.54, 1.807) is 17.4 Å². The molecule has 0 spiro atoms. The number of benzene rings is 2. The molecule has 0 aliphatic carbocycles. The van der Waals surface area contributed by atoms with Crippen molar-refractivity contribution >= 4 is 11.8 Å². The van der Waals surface area contributed by atoms with Crippen LogP contribution in [0.4, 0.5) is 0 Å². The van der Waals surface area contributed by atoms with Crippen LogP contribution < -0.4 is 16.8 Å². The Morgan fingerprint density at radius 1 is 0.917 bits per heavy atom. The number of aromatic nitrogens is 2. The number of amides is 2. The number of nitrogens with two attached hydrogens (primary N) is 2. The molecule has 8 nitrogen and oxygen atoms in total. The van der Waals surface area contributed by atoms with Crippen LogP contribution in [-0.4, -0.2) is 50.9 Å². The van der Waals surface area contributed by atoms with E-state index in [0.29, 0.717) is 26.1 Å². The minimum atomic E-state index is -0.902. The van der Waals surface area contributed by atoms with E-state index in [9.17, 15) is 9.59 Å². The summed E-state index contributed by atoms with van der Waals surface area (Å²) in [6.45, 7) is 1.78. The fraction of sp³-hybridized carbons (Fsp3) is 0.393. The van der Waals surface area contributed by atoms with Crippen molar-refractivity contribution in [2.24, 2.45) is 11.5 Å². The van der Waals surface area contributed by atoms with Gasteiger partial charge in [0.1, 0.15) is 0 Å². The first-order chi connectivity index (χ1) is 17.5. The van der Waals surface area contributed by atoms with Crippen LogP contribution in [0.2, 0.25) is 0 Å². The molecule has 0 radical (unpaired) electrons. The van der Waals surface area contributed by atoms with E-state index in [1.807, 2.05) is 53.1 Å². The minimum Gasteiger partial charge on any atom is -0.352 e. The fourth-order valence-electron chi connectivity index (χ4n) is 4.67. The molecule has 1 aliphatic rings. The second-order valence-electron chi connectivity index (χ2n) is 9.63. The van der Waals surface area contributed by atoms with Gasteiger partial charge in [-0.25, -0.2) is 4.98 Å². The number of nitrogens with zero attached hydrogens (tertiary/aromatic N) is 3. The molecule has 0 saturated heterocycles. The zero-order chi connectivity index (χ0) is 25.3. The third-order valence-electron chi connectivity index (χ3n) is 6.74. The normalized spacial score (nSPS) is 15.6. The zero-order valence-electron chi connectivity index (χ0n) is 20.6. The molecule has 1 aromatic heterocycles. The molecule has 0 bridgehead atoms. The van der Waals surface area contributed by atoms with Gasteiger partial charge in [0.05, 0.1) is 31.0 Å². The minimum absolute atomic E-state index is 0.00892. The van der Waals surface area contributed by atoms with Gasteiger partial charge < -0.3 is 26.3 Å². The summed E-state index contributed by atoms with van der Waals surface area (Å²) in [4.78, 5) is 31.7. The SMILES string of the molecule is NC(CCC(Cc1ccccc1)NC(=O)C(N)CC(=O)N1CCn2cncc2C1)Cc1ccccc1. The number of rotatable bonds is 11. The predicted octanol–water partition coefficient (Wildman–Crippen LogP) is 2.02. The van der Waals surface area contributed by atoms with E-state index < -0.39 is 6.04 Å². The van der Waals surface area contributed by atoms with Crippen molar-refractivity contribution in [3.8, 4) is 0 Å². The molecule has 5 N–H and O–H groups in total. The molecule has 190 valence electrons. The van der Waals surface area contributed by atoms with Crippen LogP contribution in [0.5, 0.6) is 0 Å². The monoisotopic (exact) mass is 488 g/mol. The summed E-state index contributed by atoms with van der Waals surface area (Å²) in [5, 5.41) is 3.10. The highest BCUT2D eigenvalue weighted by Gasteiger charge is 2.26. The van der Waals surface area contributed by atoms with Crippen LogP contribution in [0, 0.1) is 0 Å². The molecule has 3 atom stereocenters. The van der Waals surface area contributed by atoms with Crippen LogP contribution >= 0.6 is 0 Å². The molecule has 8 heteroatoms. The molecule has 2 amide bonds. The Kier molecular flexibility index (Phi) is 8.86. The summed E-state index contributed by atoms with van der Waals surface area (Å²) in [5.41, 5.74) is 15.9. The van der Waals surface area contributed by atoms with Crippen molar-refractivity contribution in [2.75, 3.05) is 6.54 Å². The number of imidazole rings is 1. The third-order valence-corrected chi connectivity index (χ3v) is 6.74. The van der Waals surface area contributed by atoms with Crippen LogP contribution in [0.1, 0.15) is 36.1 Å². The molecular weight excluding hydrogens is 452 g/mol. The topological polar surface area (TPSA) is 119 Å². The van der Waals surface area contributed by atoms with E-state index in [4.69, 9.17) is 11.5 Å². The van der Waals surface area contributed by atoms with Crippen molar-refractivity contribution in [3.63, 3.8) is 0 Å². The van der Waals surface area contributed by atoms with Crippen molar-refractivity contribution in [1.82, 2.24) is 19.8 Å². The molecule has 3 unspecified atom stereocenters. The van der Waals surface area contributed by atoms with Crippen molar-refractivity contribution in [2.45, 2.75) is 63.3 Å². The maximum absolute atomic E-state index is 13.0. The lowest BCUT2D eigenvalue weighted by molar-refractivity contribution is -0.135. The number of carbonyl (C=O) groups excluding carboxylic acids is 2.